The molecule has 0 saturated carbocycles. The highest BCUT2D eigenvalue weighted by atomic mass is 31.0. The Hall–Kier alpha value is -1.02. The van der Waals surface area contributed by atoms with Gasteiger partial charge in [0.2, 0.25) is 0 Å². The third-order valence-corrected chi connectivity index (χ3v) is 1.40. The van der Waals surface area contributed by atoms with E-state index in [2.05, 4.69) is 14.5 Å². The molecule has 1 unspecified atom stereocenters. The highest BCUT2D eigenvalue weighted by Crippen LogP contribution is 1.98. The van der Waals surface area contributed by atoms with Crippen molar-refractivity contribution < 1.29 is 5.21 Å². The van der Waals surface area contributed by atoms with Gasteiger partial charge in [0.25, 0.3) is 0 Å². The van der Waals surface area contributed by atoms with Crippen molar-refractivity contribution in [1.29, 1.82) is 0 Å². The van der Waals surface area contributed by atoms with Gasteiger partial charge in [-0.2, -0.15) is 4.73 Å². The van der Waals surface area contributed by atoms with Crippen LogP contribution in [0.4, 0.5) is 5.69 Å². The van der Waals surface area contributed by atoms with E-state index in [9.17, 15) is 4.79 Å². The SMILES string of the molecule is O=c1c(NP)cccn1O. The molecule has 0 spiro atoms. The van der Waals surface area contributed by atoms with Gasteiger partial charge in [-0.05, 0) is 21.5 Å². The molecule has 2 N–H and O–H groups in total. The average molecular weight is 158 g/mol. The van der Waals surface area contributed by atoms with Crippen molar-refractivity contribution >= 4 is 15.1 Å². The van der Waals surface area contributed by atoms with Gasteiger partial charge in [-0.25, -0.2) is 0 Å². The lowest BCUT2D eigenvalue weighted by Gasteiger charge is -1.98. The molecule has 1 aromatic heterocycles. The molecule has 0 aliphatic rings. The van der Waals surface area contributed by atoms with Crippen LogP contribution in [0.3, 0.4) is 0 Å². The Morgan fingerprint density at radius 3 is 2.90 bits per heavy atom. The Bertz CT molecular complexity index is 283. The maximum atomic E-state index is 10.8. The van der Waals surface area contributed by atoms with Crippen LogP contribution < -0.4 is 10.6 Å². The van der Waals surface area contributed by atoms with E-state index in [1.807, 2.05) is 0 Å². The third kappa shape index (κ3) is 1.11. The number of anilines is 1. The van der Waals surface area contributed by atoms with Gasteiger partial charge in [-0.3, -0.25) is 4.79 Å². The van der Waals surface area contributed by atoms with Gasteiger partial charge < -0.3 is 10.3 Å². The molecule has 4 nitrogen and oxygen atoms in total. The fourth-order valence-electron chi connectivity index (χ4n) is 0.593. The van der Waals surface area contributed by atoms with E-state index < -0.39 is 5.56 Å². The molecule has 0 saturated heterocycles. The second-order valence-electron chi connectivity index (χ2n) is 1.72. The van der Waals surface area contributed by atoms with Crippen molar-refractivity contribution in [3.8, 4) is 0 Å². The first-order chi connectivity index (χ1) is 4.75. The van der Waals surface area contributed by atoms with Gasteiger partial charge in [0, 0.05) is 6.20 Å². The van der Waals surface area contributed by atoms with Crippen LogP contribution in [0.25, 0.3) is 0 Å². The predicted molar refractivity (Wildman–Crippen MR) is 41.2 cm³/mol. The van der Waals surface area contributed by atoms with E-state index in [4.69, 9.17) is 5.21 Å². The number of aromatic nitrogens is 1. The summed E-state index contributed by atoms with van der Waals surface area (Å²) < 4.78 is 0.520. The number of nitrogens with one attached hydrogen (secondary N) is 1. The summed E-state index contributed by atoms with van der Waals surface area (Å²) in [7, 11) is 2.18. The monoisotopic (exact) mass is 158 g/mol. The maximum absolute atomic E-state index is 10.8. The van der Waals surface area contributed by atoms with E-state index in [0.717, 1.165) is 0 Å². The number of nitrogens with zero attached hydrogens (tertiary/aromatic N) is 1. The Morgan fingerprint density at radius 1 is 1.70 bits per heavy atom. The van der Waals surface area contributed by atoms with Gasteiger partial charge in [0.1, 0.15) is 5.69 Å². The molecular weight excluding hydrogens is 151 g/mol. The first-order valence-corrected chi connectivity index (χ1v) is 3.21. The summed E-state index contributed by atoms with van der Waals surface area (Å²) in [5.74, 6) is 0. The average Bonchev–Trinajstić information content (AvgIpc) is 1.95. The highest BCUT2D eigenvalue weighted by molar-refractivity contribution is 7.18. The Balaban J connectivity index is 3.28. The van der Waals surface area contributed by atoms with Crippen molar-refractivity contribution in [2.45, 2.75) is 0 Å². The molecule has 1 heterocycles. The number of pyridine rings is 1. The van der Waals surface area contributed by atoms with E-state index >= 15 is 0 Å². The van der Waals surface area contributed by atoms with Gasteiger partial charge >= 0.3 is 5.56 Å². The number of rotatable bonds is 1. The molecule has 0 bridgehead atoms. The smallest absolute Gasteiger partial charge is 0.306 e. The van der Waals surface area contributed by atoms with Crippen LogP contribution in [0.5, 0.6) is 0 Å². The summed E-state index contributed by atoms with van der Waals surface area (Å²) >= 11 is 0. The van der Waals surface area contributed by atoms with E-state index in [0.29, 0.717) is 10.4 Å². The molecule has 1 atom stereocenters. The van der Waals surface area contributed by atoms with E-state index in [-0.39, 0.29) is 0 Å². The standard InChI is InChI=1S/C5H7N2O2P/c8-5-4(6-10)2-1-3-7(5)9/h1-3,6,9H,10H2. The maximum Gasteiger partial charge on any atom is 0.306 e. The van der Waals surface area contributed by atoms with Crippen molar-refractivity contribution in [2.75, 3.05) is 5.09 Å². The second kappa shape index (κ2) is 2.71. The topological polar surface area (TPSA) is 54.3 Å². The van der Waals surface area contributed by atoms with Crippen LogP contribution in [0.15, 0.2) is 23.1 Å². The minimum atomic E-state index is -0.461. The highest BCUT2D eigenvalue weighted by Gasteiger charge is 1.96. The fraction of sp³-hybridized carbons (Fsp3) is 0. The molecule has 0 amide bonds. The molecule has 1 rings (SSSR count). The second-order valence-corrected chi connectivity index (χ2v) is 2.00. The summed E-state index contributed by atoms with van der Waals surface area (Å²) in [5.41, 5.74) is -0.118. The van der Waals surface area contributed by atoms with Crippen LogP contribution in [0, 0.1) is 0 Å². The zero-order chi connectivity index (χ0) is 7.56. The van der Waals surface area contributed by atoms with Gasteiger partial charge in [-0.15, -0.1) is 0 Å². The molecule has 0 aliphatic carbocycles. The molecule has 1 aromatic rings. The first-order valence-electron chi connectivity index (χ1n) is 2.63. The number of hydrogen-bond donors (Lipinski definition) is 2. The Labute approximate surface area is 59.7 Å². The summed E-state index contributed by atoms with van der Waals surface area (Å²) in [6, 6.07) is 3.13. The quantitative estimate of drug-likeness (QED) is 0.456. The summed E-state index contributed by atoms with van der Waals surface area (Å²) in [6.07, 6.45) is 1.27. The molecule has 0 aromatic carbocycles. The molecule has 0 aliphatic heterocycles. The lowest BCUT2D eigenvalue weighted by Crippen LogP contribution is -2.17. The van der Waals surface area contributed by atoms with Gasteiger partial charge in [-0.1, -0.05) is 0 Å². The van der Waals surface area contributed by atoms with Crippen LogP contribution in [-0.2, 0) is 0 Å². The van der Waals surface area contributed by atoms with Crippen LogP contribution in [0.2, 0.25) is 0 Å². The van der Waals surface area contributed by atoms with Crippen LogP contribution in [0.1, 0.15) is 0 Å². The molecule has 0 radical (unpaired) electrons. The summed E-state index contributed by atoms with van der Waals surface area (Å²) in [6.45, 7) is 0. The molecular formula is C5H7N2O2P. The summed E-state index contributed by atoms with van der Waals surface area (Å²) in [5, 5.41) is 11.3. The Kier molecular flexibility index (Phi) is 1.92. The van der Waals surface area contributed by atoms with Crippen LogP contribution >= 0.6 is 9.39 Å². The van der Waals surface area contributed by atoms with Crippen LogP contribution in [-0.4, -0.2) is 9.94 Å². The van der Waals surface area contributed by atoms with Crippen molar-refractivity contribution in [3.63, 3.8) is 0 Å². The molecule has 10 heavy (non-hydrogen) atoms. The van der Waals surface area contributed by atoms with E-state index in [1.165, 1.54) is 6.20 Å². The molecule has 5 heteroatoms. The van der Waals surface area contributed by atoms with Gasteiger partial charge in [0.15, 0.2) is 0 Å². The molecule has 0 fully saturated rings. The van der Waals surface area contributed by atoms with Crippen molar-refractivity contribution in [2.24, 2.45) is 0 Å². The van der Waals surface area contributed by atoms with Crippen molar-refractivity contribution in [3.05, 3.63) is 28.7 Å². The van der Waals surface area contributed by atoms with E-state index in [1.54, 1.807) is 12.1 Å². The lowest BCUT2D eigenvalue weighted by atomic mass is 10.4. The van der Waals surface area contributed by atoms with Gasteiger partial charge in [0.05, 0.1) is 0 Å². The lowest BCUT2D eigenvalue weighted by molar-refractivity contribution is 0.175. The number of hydrogen-bond acceptors (Lipinski definition) is 3. The largest absolute Gasteiger partial charge is 0.425 e. The first kappa shape index (κ1) is 7.09. The third-order valence-electron chi connectivity index (χ3n) is 1.08. The zero-order valence-corrected chi connectivity index (χ0v) is 6.27. The minimum absolute atomic E-state index is 0.343. The molecule has 54 valence electrons. The normalized spacial score (nSPS) is 9.30. The Morgan fingerprint density at radius 2 is 2.40 bits per heavy atom. The zero-order valence-electron chi connectivity index (χ0n) is 5.11. The van der Waals surface area contributed by atoms with Crippen molar-refractivity contribution in [1.82, 2.24) is 4.73 Å². The minimum Gasteiger partial charge on any atom is -0.425 e. The fourth-order valence-corrected chi connectivity index (χ4v) is 0.813. The summed E-state index contributed by atoms with van der Waals surface area (Å²) in [4.78, 5) is 10.8. The predicted octanol–water partition coefficient (Wildman–Crippen LogP) is 0.288.